The van der Waals surface area contributed by atoms with E-state index in [0.29, 0.717) is 31.4 Å². The average molecular weight is 501 g/mol. The molecule has 0 bridgehead atoms. The third-order valence-corrected chi connectivity index (χ3v) is 8.37. The van der Waals surface area contributed by atoms with E-state index in [1.165, 1.54) is 0 Å². The Kier molecular flexibility index (Phi) is 6.71. The van der Waals surface area contributed by atoms with E-state index in [-0.39, 0.29) is 31.0 Å². The molecule has 2 aliphatic rings. The maximum Gasteiger partial charge on any atom is 0.255 e. The second kappa shape index (κ2) is 9.27. The van der Waals surface area contributed by atoms with Gasteiger partial charge < -0.3 is 10.4 Å². The predicted octanol–water partition coefficient (Wildman–Crippen LogP) is 4.20. The first kappa shape index (κ1) is 24.6. The van der Waals surface area contributed by atoms with E-state index in [1.807, 2.05) is 0 Å². The highest BCUT2D eigenvalue weighted by Crippen LogP contribution is 2.45. The molecule has 1 unspecified atom stereocenters. The van der Waals surface area contributed by atoms with Crippen LogP contribution in [0.5, 0.6) is 0 Å². The fourth-order valence-corrected chi connectivity index (χ4v) is 5.93. The lowest BCUT2D eigenvalue weighted by molar-refractivity contribution is -0.0100. The Hall–Kier alpha value is -2.50. The molecule has 1 heterocycles. The van der Waals surface area contributed by atoms with Gasteiger partial charge in [0.2, 0.25) is 10.0 Å². The number of amides is 1. The van der Waals surface area contributed by atoms with Crippen molar-refractivity contribution in [2.24, 2.45) is 5.92 Å². The van der Waals surface area contributed by atoms with E-state index in [1.54, 1.807) is 0 Å². The van der Waals surface area contributed by atoms with Crippen molar-refractivity contribution < 1.29 is 35.9 Å². The van der Waals surface area contributed by atoms with E-state index in [2.05, 4.69) is 5.32 Å². The molecule has 1 saturated carbocycles. The number of carbonyl (C=O) groups is 1. The fraction of sp³-hybridized carbons (Fsp3) is 0.435. The van der Waals surface area contributed by atoms with E-state index < -0.39 is 55.4 Å². The molecule has 2 aromatic carbocycles. The minimum absolute atomic E-state index is 0.0132. The number of sulfonamides is 1. The van der Waals surface area contributed by atoms with E-state index in [0.717, 1.165) is 35.3 Å². The smallest absolute Gasteiger partial charge is 0.255 e. The van der Waals surface area contributed by atoms with Crippen LogP contribution in [0, 0.1) is 29.2 Å². The van der Waals surface area contributed by atoms with Crippen molar-refractivity contribution in [1.29, 1.82) is 0 Å². The number of nitrogens with zero attached hydrogens (tertiary/aromatic N) is 1. The molecular formula is C23H24F4N2O4S. The van der Waals surface area contributed by atoms with Gasteiger partial charge in [0.25, 0.3) is 5.91 Å². The number of halogens is 4. The SMILES string of the molecule is O=C(Nc1cc(F)c(F)c(F)c1)c1ccc(F)c(S(=O)(=O)N2CCCCC(O)(C3CC3)CC2)c1. The zero-order chi connectivity index (χ0) is 24.7. The third kappa shape index (κ3) is 4.96. The Morgan fingerprint density at radius 1 is 0.971 bits per heavy atom. The molecule has 2 fully saturated rings. The molecule has 34 heavy (non-hydrogen) atoms. The summed E-state index contributed by atoms with van der Waals surface area (Å²) in [7, 11) is -4.34. The molecule has 184 valence electrons. The minimum Gasteiger partial charge on any atom is -0.390 e. The van der Waals surface area contributed by atoms with Gasteiger partial charge >= 0.3 is 0 Å². The average Bonchev–Trinajstić information content (AvgIpc) is 3.61. The molecule has 2 aromatic rings. The molecule has 4 rings (SSSR count). The molecule has 1 saturated heterocycles. The highest BCUT2D eigenvalue weighted by molar-refractivity contribution is 7.89. The number of nitrogens with one attached hydrogen (secondary N) is 1. The molecule has 6 nitrogen and oxygen atoms in total. The summed E-state index contributed by atoms with van der Waals surface area (Å²) in [5, 5.41) is 13.1. The molecule has 1 aliphatic carbocycles. The number of aliphatic hydroxyl groups is 1. The van der Waals surface area contributed by atoms with Gasteiger partial charge in [0.1, 0.15) is 10.7 Å². The van der Waals surface area contributed by atoms with Gasteiger partial charge in [-0.3, -0.25) is 4.79 Å². The number of carbonyl (C=O) groups excluding carboxylic acids is 1. The van der Waals surface area contributed by atoms with Crippen LogP contribution in [0.1, 0.15) is 48.9 Å². The summed E-state index contributed by atoms with van der Waals surface area (Å²) in [4.78, 5) is 11.8. The summed E-state index contributed by atoms with van der Waals surface area (Å²) >= 11 is 0. The second-order valence-corrected chi connectivity index (χ2v) is 10.7. The maximum atomic E-state index is 14.6. The van der Waals surface area contributed by atoms with Crippen molar-refractivity contribution in [1.82, 2.24) is 4.31 Å². The van der Waals surface area contributed by atoms with E-state index >= 15 is 0 Å². The summed E-state index contributed by atoms with van der Waals surface area (Å²) in [5.41, 5.74) is -1.60. The van der Waals surface area contributed by atoms with Crippen LogP contribution < -0.4 is 5.32 Å². The van der Waals surface area contributed by atoms with Crippen molar-refractivity contribution in [2.75, 3.05) is 18.4 Å². The normalized spacial score (nSPS) is 22.1. The summed E-state index contributed by atoms with van der Waals surface area (Å²) in [6.07, 6.45) is 3.76. The van der Waals surface area contributed by atoms with Gasteiger partial charge in [0.15, 0.2) is 17.5 Å². The predicted molar refractivity (Wildman–Crippen MR) is 116 cm³/mol. The molecule has 0 aromatic heterocycles. The van der Waals surface area contributed by atoms with Gasteiger partial charge in [-0.25, -0.2) is 26.0 Å². The number of hydrogen-bond donors (Lipinski definition) is 2. The largest absolute Gasteiger partial charge is 0.390 e. The highest BCUT2D eigenvalue weighted by Gasteiger charge is 2.44. The lowest BCUT2D eigenvalue weighted by Gasteiger charge is -2.34. The van der Waals surface area contributed by atoms with Crippen LogP contribution in [0.3, 0.4) is 0 Å². The van der Waals surface area contributed by atoms with Crippen LogP contribution in [-0.2, 0) is 10.0 Å². The lowest BCUT2D eigenvalue weighted by atomic mass is 9.87. The summed E-state index contributed by atoms with van der Waals surface area (Å²) in [5.74, 6) is -6.59. The molecule has 1 amide bonds. The summed E-state index contributed by atoms with van der Waals surface area (Å²) < 4.78 is 82.2. The Morgan fingerprint density at radius 3 is 2.29 bits per heavy atom. The van der Waals surface area contributed by atoms with Crippen LogP contribution in [0.25, 0.3) is 0 Å². The van der Waals surface area contributed by atoms with Gasteiger partial charge in [-0.2, -0.15) is 4.31 Å². The highest BCUT2D eigenvalue weighted by atomic mass is 32.2. The van der Waals surface area contributed by atoms with Crippen LogP contribution in [0.2, 0.25) is 0 Å². The van der Waals surface area contributed by atoms with E-state index in [4.69, 9.17) is 0 Å². The number of anilines is 1. The Bertz CT molecular complexity index is 1200. The van der Waals surface area contributed by atoms with Gasteiger partial charge in [-0.05, 0) is 62.6 Å². The van der Waals surface area contributed by atoms with E-state index in [9.17, 15) is 35.9 Å². The molecule has 1 atom stereocenters. The fourth-order valence-electron chi connectivity index (χ4n) is 4.36. The van der Waals surface area contributed by atoms with Crippen molar-refractivity contribution in [3.63, 3.8) is 0 Å². The molecule has 2 N–H and O–H groups in total. The third-order valence-electron chi connectivity index (χ3n) is 6.45. The Labute approximate surface area is 194 Å². The number of benzene rings is 2. The standard InChI is InChI=1S/C23H24F4N2O4S/c24-17-6-3-14(22(30)28-16-12-18(25)21(27)19(26)13-16)11-20(17)34(32,33)29-9-2-1-7-23(31,8-10-29)15-4-5-15/h3,6,11-13,15,31H,1-2,4-5,7-10H2,(H,28,30). The van der Waals surface area contributed by atoms with Crippen molar-refractivity contribution in [3.05, 3.63) is 59.2 Å². The molecule has 1 aliphatic heterocycles. The van der Waals surface area contributed by atoms with Crippen LogP contribution in [0.4, 0.5) is 23.2 Å². The maximum absolute atomic E-state index is 14.6. The lowest BCUT2D eigenvalue weighted by Crippen LogP contribution is -2.42. The molecular weight excluding hydrogens is 476 g/mol. The van der Waals surface area contributed by atoms with Gasteiger partial charge in [-0.15, -0.1) is 0 Å². The number of rotatable bonds is 5. The summed E-state index contributed by atoms with van der Waals surface area (Å²) in [6, 6.07) is 3.83. The van der Waals surface area contributed by atoms with Crippen molar-refractivity contribution >= 4 is 21.6 Å². The minimum atomic E-state index is -4.34. The van der Waals surface area contributed by atoms with Crippen LogP contribution >= 0.6 is 0 Å². The molecule has 0 radical (unpaired) electrons. The Balaban J connectivity index is 1.57. The number of hydrogen-bond acceptors (Lipinski definition) is 4. The quantitative estimate of drug-likeness (QED) is 0.476. The van der Waals surface area contributed by atoms with Crippen LogP contribution in [0.15, 0.2) is 35.2 Å². The van der Waals surface area contributed by atoms with Gasteiger partial charge in [0, 0.05) is 36.5 Å². The topological polar surface area (TPSA) is 86.7 Å². The van der Waals surface area contributed by atoms with Gasteiger partial charge in [0.05, 0.1) is 5.60 Å². The summed E-state index contributed by atoms with van der Waals surface area (Å²) in [6.45, 7) is 0.159. The first-order valence-corrected chi connectivity index (χ1v) is 12.4. The Morgan fingerprint density at radius 2 is 1.65 bits per heavy atom. The zero-order valence-corrected chi connectivity index (χ0v) is 19.0. The molecule has 0 spiro atoms. The van der Waals surface area contributed by atoms with Gasteiger partial charge in [-0.1, -0.05) is 0 Å². The van der Waals surface area contributed by atoms with Crippen molar-refractivity contribution in [2.45, 2.75) is 49.0 Å². The molecule has 11 heteroatoms. The first-order chi connectivity index (χ1) is 16.0. The monoisotopic (exact) mass is 500 g/mol. The first-order valence-electron chi connectivity index (χ1n) is 11.0. The zero-order valence-electron chi connectivity index (χ0n) is 18.2. The van der Waals surface area contributed by atoms with Crippen molar-refractivity contribution in [3.8, 4) is 0 Å². The second-order valence-electron chi connectivity index (χ2n) is 8.84. The van der Waals surface area contributed by atoms with Crippen LogP contribution in [-0.4, -0.2) is 42.4 Å².